The van der Waals surface area contributed by atoms with Crippen molar-refractivity contribution in [3.8, 4) is 0 Å². The first kappa shape index (κ1) is 17.5. The molecule has 0 aliphatic heterocycles. The van der Waals surface area contributed by atoms with Crippen LogP contribution in [0.2, 0.25) is 0 Å². The number of carbonyl (C=O) groups excluding carboxylic acids is 1. The van der Waals surface area contributed by atoms with Crippen LogP contribution < -0.4 is 9.62 Å². The lowest BCUT2D eigenvalue weighted by atomic mass is 10.1. The van der Waals surface area contributed by atoms with Gasteiger partial charge in [0.05, 0.1) is 11.9 Å². The van der Waals surface area contributed by atoms with Crippen molar-refractivity contribution in [3.63, 3.8) is 0 Å². The van der Waals surface area contributed by atoms with Gasteiger partial charge in [-0.3, -0.25) is 9.10 Å². The molecule has 0 bridgehead atoms. The number of anilines is 1. The third-order valence-electron chi connectivity index (χ3n) is 3.46. The number of sulfonamides is 1. The Hall–Kier alpha value is -1.56. The quantitative estimate of drug-likeness (QED) is 0.876. The molecule has 1 aromatic carbocycles. The molecule has 5 nitrogen and oxygen atoms in total. The number of rotatable bonds is 6. The SMILES string of the molecule is CCN(c1ccc(C(=O)N[C@@H](C)C(C)C)cc1)S(C)(=O)=O. The number of nitrogens with one attached hydrogen (secondary N) is 1. The molecule has 0 saturated carbocycles. The summed E-state index contributed by atoms with van der Waals surface area (Å²) in [5.74, 6) is 0.208. The summed E-state index contributed by atoms with van der Waals surface area (Å²) in [5, 5.41) is 2.92. The Kier molecular flexibility index (Phi) is 5.78. The van der Waals surface area contributed by atoms with Gasteiger partial charge in [-0.2, -0.15) is 0 Å². The number of hydrogen-bond acceptors (Lipinski definition) is 3. The van der Waals surface area contributed by atoms with Crippen LogP contribution in [0, 0.1) is 5.92 Å². The minimum atomic E-state index is -3.30. The molecule has 1 rings (SSSR count). The van der Waals surface area contributed by atoms with E-state index in [1.165, 1.54) is 10.6 Å². The number of nitrogens with zero attached hydrogens (tertiary/aromatic N) is 1. The highest BCUT2D eigenvalue weighted by Crippen LogP contribution is 2.18. The van der Waals surface area contributed by atoms with Crippen molar-refractivity contribution in [1.29, 1.82) is 0 Å². The van der Waals surface area contributed by atoms with Crippen LogP contribution in [-0.2, 0) is 10.0 Å². The van der Waals surface area contributed by atoms with Gasteiger partial charge in [-0.05, 0) is 44.0 Å². The molecule has 0 saturated heterocycles. The minimum absolute atomic E-state index is 0.0836. The van der Waals surface area contributed by atoms with Crippen LogP contribution in [0.3, 0.4) is 0 Å². The minimum Gasteiger partial charge on any atom is -0.349 e. The average molecular weight is 312 g/mol. The summed E-state index contributed by atoms with van der Waals surface area (Å²) >= 11 is 0. The molecule has 1 amide bonds. The molecule has 21 heavy (non-hydrogen) atoms. The van der Waals surface area contributed by atoms with Crippen LogP contribution in [0.1, 0.15) is 38.1 Å². The fourth-order valence-corrected chi connectivity index (χ4v) is 2.82. The van der Waals surface area contributed by atoms with Gasteiger partial charge in [0.2, 0.25) is 10.0 Å². The Bertz CT molecular complexity index is 579. The van der Waals surface area contributed by atoms with Crippen molar-refractivity contribution in [3.05, 3.63) is 29.8 Å². The lowest BCUT2D eigenvalue weighted by Gasteiger charge is -2.21. The van der Waals surface area contributed by atoms with Gasteiger partial charge >= 0.3 is 0 Å². The second-order valence-electron chi connectivity index (χ2n) is 5.48. The van der Waals surface area contributed by atoms with Crippen LogP contribution in [0.15, 0.2) is 24.3 Å². The molecular formula is C15H24N2O3S. The van der Waals surface area contributed by atoms with E-state index in [1.807, 2.05) is 20.8 Å². The van der Waals surface area contributed by atoms with Gasteiger partial charge in [0.1, 0.15) is 0 Å². The monoisotopic (exact) mass is 312 g/mol. The van der Waals surface area contributed by atoms with E-state index in [2.05, 4.69) is 5.32 Å². The third kappa shape index (κ3) is 4.74. The summed E-state index contributed by atoms with van der Waals surface area (Å²) in [4.78, 5) is 12.1. The summed E-state index contributed by atoms with van der Waals surface area (Å²) < 4.78 is 24.6. The van der Waals surface area contributed by atoms with Gasteiger partial charge in [0.25, 0.3) is 5.91 Å². The first-order valence-corrected chi connectivity index (χ1v) is 8.90. The maximum atomic E-state index is 12.1. The van der Waals surface area contributed by atoms with Gasteiger partial charge in [0.15, 0.2) is 0 Å². The lowest BCUT2D eigenvalue weighted by molar-refractivity contribution is 0.0930. The molecule has 0 radical (unpaired) electrons. The maximum Gasteiger partial charge on any atom is 0.251 e. The summed E-state index contributed by atoms with van der Waals surface area (Å²) in [6.45, 7) is 8.17. The summed E-state index contributed by atoms with van der Waals surface area (Å²) in [7, 11) is -3.30. The fraction of sp³-hybridized carbons (Fsp3) is 0.533. The number of hydrogen-bond donors (Lipinski definition) is 1. The molecule has 0 unspecified atom stereocenters. The standard InChI is InChI=1S/C15H24N2O3S/c1-6-17(21(5,19)20)14-9-7-13(8-10-14)15(18)16-12(4)11(2)3/h7-12H,6H2,1-5H3,(H,16,18)/t12-/m0/s1. The van der Waals surface area contributed by atoms with Gasteiger partial charge < -0.3 is 5.32 Å². The molecule has 118 valence electrons. The van der Waals surface area contributed by atoms with Gasteiger partial charge in [0, 0.05) is 18.2 Å². The summed E-state index contributed by atoms with van der Waals surface area (Å²) in [5.41, 5.74) is 1.09. The molecule has 1 N–H and O–H groups in total. The van der Waals surface area contributed by atoms with Crippen molar-refractivity contribution in [2.45, 2.75) is 33.7 Å². The zero-order valence-corrected chi connectivity index (χ0v) is 14.1. The highest BCUT2D eigenvalue weighted by Gasteiger charge is 2.16. The van der Waals surface area contributed by atoms with E-state index in [0.29, 0.717) is 23.7 Å². The highest BCUT2D eigenvalue weighted by molar-refractivity contribution is 7.92. The molecule has 0 heterocycles. The van der Waals surface area contributed by atoms with E-state index >= 15 is 0 Å². The average Bonchev–Trinajstić information content (AvgIpc) is 2.38. The molecule has 6 heteroatoms. The van der Waals surface area contributed by atoms with Crippen LogP contribution in [0.25, 0.3) is 0 Å². The fourth-order valence-electron chi connectivity index (χ4n) is 1.84. The molecule has 1 aromatic rings. The zero-order valence-electron chi connectivity index (χ0n) is 13.3. The van der Waals surface area contributed by atoms with Crippen LogP contribution >= 0.6 is 0 Å². The third-order valence-corrected chi connectivity index (χ3v) is 4.73. The lowest BCUT2D eigenvalue weighted by Crippen LogP contribution is -2.36. The van der Waals surface area contributed by atoms with E-state index in [1.54, 1.807) is 31.2 Å². The van der Waals surface area contributed by atoms with Crippen molar-refractivity contribution < 1.29 is 13.2 Å². The Morgan fingerprint density at radius 2 is 1.71 bits per heavy atom. The Morgan fingerprint density at radius 1 is 1.19 bits per heavy atom. The number of carbonyl (C=O) groups is 1. The topological polar surface area (TPSA) is 66.5 Å². The molecule has 0 spiro atoms. The second-order valence-corrected chi connectivity index (χ2v) is 7.39. The Morgan fingerprint density at radius 3 is 2.10 bits per heavy atom. The second kappa shape index (κ2) is 6.93. The largest absolute Gasteiger partial charge is 0.349 e. The first-order chi connectivity index (χ1) is 9.66. The molecule has 0 aliphatic carbocycles. The predicted octanol–water partition coefficient (Wildman–Crippen LogP) is 2.25. The van der Waals surface area contributed by atoms with E-state index < -0.39 is 10.0 Å². The highest BCUT2D eigenvalue weighted by atomic mass is 32.2. The van der Waals surface area contributed by atoms with Crippen LogP contribution in [0.4, 0.5) is 5.69 Å². The smallest absolute Gasteiger partial charge is 0.251 e. The zero-order chi connectivity index (χ0) is 16.2. The van der Waals surface area contributed by atoms with E-state index in [9.17, 15) is 13.2 Å². The van der Waals surface area contributed by atoms with E-state index in [-0.39, 0.29) is 11.9 Å². The molecule has 1 atom stereocenters. The molecule has 0 fully saturated rings. The molecular weight excluding hydrogens is 288 g/mol. The van der Waals surface area contributed by atoms with E-state index in [4.69, 9.17) is 0 Å². The van der Waals surface area contributed by atoms with Crippen LogP contribution in [0.5, 0.6) is 0 Å². The predicted molar refractivity (Wildman–Crippen MR) is 86.1 cm³/mol. The van der Waals surface area contributed by atoms with Crippen molar-refractivity contribution >= 4 is 21.6 Å². The first-order valence-electron chi connectivity index (χ1n) is 7.05. The van der Waals surface area contributed by atoms with Crippen molar-refractivity contribution in [2.24, 2.45) is 5.92 Å². The summed E-state index contributed by atoms with van der Waals surface area (Å²) in [6.07, 6.45) is 1.17. The molecule has 0 aromatic heterocycles. The number of benzene rings is 1. The van der Waals surface area contributed by atoms with Crippen molar-refractivity contribution in [2.75, 3.05) is 17.1 Å². The van der Waals surface area contributed by atoms with Gasteiger partial charge in [-0.25, -0.2) is 8.42 Å². The number of amides is 1. The van der Waals surface area contributed by atoms with Crippen molar-refractivity contribution in [1.82, 2.24) is 5.32 Å². The van der Waals surface area contributed by atoms with Crippen LogP contribution in [-0.4, -0.2) is 33.2 Å². The molecule has 0 aliphatic rings. The van der Waals surface area contributed by atoms with E-state index in [0.717, 1.165) is 0 Å². The Balaban J connectivity index is 2.90. The normalized spacial score (nSPS) is 13.0. The summed E-state index contributed by atoms with van der Waals surface area (Å²) in [6, 6.07) is 6.68. The maximum absolute atomic E-state index is 12.1. The van der Waals surface area contributed by atoms with Gasteiger partial charge in [-0.15, -0.1) is 0 Å². The van der Waals surface area contributed by atoms with Gasteiger partial charge in [-0.1, -0.05) is 13.8 Å². The Labute approximate surface area is 127 Å².